The standard InChI is InChI=1S/C7H9F2NO2/c8-6(9)4-1-3(7(11)12)2-5(4)10/h3,5H,1-2,10H2,(H,11,12)/t3-,5-/m1/s1. The maximum Gasteiger partial charge on any atom is 0.306 e. The average molecular weight is 177 g/mol. The molecule has 12 heavy (non-hydrogen) atoms. The minimum atomic E-state index is -1.83. The second-order valence-corrected chi connectivity index (χ2v) is 2.87. The van der Waals surface area contributed by atoms with E-state index >= 15 is 0 Å². The lowest BCUT2D eigenvalue weighted by Gasteiger charge is -2.00. The summed E-state index contributed by atoms with van der Waals surface area (Å²) in [5.41, 5.74) is 5.10. The van der Waals surface area contributed by atoms with Gasteiger partial charge in [-0.15, -0.1) is 0 Å². The first-order valence-corrected chi connectivity index (χ1v) is 3.54. The molecule has 0 unspecified atom stereocenters. The van der Waals surface area contributed by atoms with E-state index in [2.05, 4.69) is 0 Å². The molecule has 68 valence electrons. The van der Waals surface area contributed by atoms with Gasteiger partial charge in [-0.1, -0.05) is 0 Å². The molecule has 0 aromatic heterocycles. The van der Waals surface area contributed by atoms with Crippen molar-refractivity contribution in [1.29, 1.82) is 0 Å². The quantitative estimate of drug-likeness (QED) is 0.627. The lowest BCUT2D eigenvalue weighted by atomic mass is 10.1. The van der Waals surface area contributed by atoms with E-state index < -0.39 is 24.0 Å². The summed E-state index contributed by atoms with van der Waals surface area (Å²) >= 11 is 0. The SMILES string of the molecule is N[C@@H]1C[C@H](C(=O)O)CC1=C(F)F. The molecule has 1 aliphatic rings. The summed E-state index contributed by atoms with van der Waals surface area (Å²) in [6.45, 7) is 0. The molecule has 1 fully saturated rings. The monoisotopic (exact) mass is 177 g/mol. The number of carboxylic acids is 1. The van der Waals surface area contributed by atoms with Crippen LogP contribution >= 0.6 is 0 Å². The van der Waals surface area contributed by atoms with Gasteiger partial charge in [-0.05, 0) is 12.8 Å². The summed E-state index contributed by atoms with van der Waals surface area (Å²) in [5, 5.41) is 8.51. The Morgan fingerprint density at radius 2 is 2.17 bits per heavy atom. The molecule has 0 aliphatic heterocycles. The van der Waals surface area contributed by atoms with Crippen molar-refractivity contribution in [2.45, 2.75) is 18.9 Å². The Balaban J connectivity index is 2.76. The minimum absolute atomic E-state index is 0.112. The third-order valence-electron chi connectivity index (χ3n) is 2.04. The largest absolute Gasteiger partial charge is 0.481 e. The Hall–Kier alpha value is -0.970. The highest BCUT2D eigenvalue weighted by Gasteiger charge is 2.34. The van der Waals surface area contributed by atoms with Gasteiger partial charge in [-0.3, -0.25) is 4.79 Å². The number of halogens is 2. The summed E-state index contributed by atoms with van der Waals surface area (Å²) in [7, 11) is 0. The van der Waals surface area contributed by atoms with Gasteiger partial charge in [0.1, 0.15) is 0 Å². The van der Waals surface area contributed by atoms with Gasteiger partial charge in [0.2, 0.25) is 0 Å². The van der Waals surface area contributed by atoms with Crippen molar-refractivity contribution >= 4 is 5.97 Å². The van der Waals surface area contributed by atoms with Crippen molar-refractivity contribution < 1.29 is 18.7 Å². The molecule has 0 amide bonds. The van der Waals surface area contributed by atoms with Crippen molar-refractivity contribution in [2.75, 3.05) is 0 Å². The molecule has 0 bridgehead atoms. The summed E-state index contributed by atoms with van der Waals surface area (Å²) < 4.78 is 24.1. The highest BCUT2D eigenvalue weighted by atomic mass is 19.3. The van der Waals surface area contributed by atoms with E-state index in [4.69, 9.17) is 10.8 Å². The van der Waals surface area contributed by atoms with Crippen LogP contribution in [-0.4, -0.2) is 17.1 Å². The number of carboxylic acid groups (broad SMARTS) is 1. The van der Waals surface area contributed by atoms with Crippen molar-refractivity contribution in [3.63, 3.8) is 0 Å². The molecule has 0 spiro atoms. The fourth-order valence-electron chi connectivity index (χ4n) is 1.35. The molecule has 0 heterocycles. The summed E-state index contributed by atoms with van der Waals surface area (Å²) in [5.74, 6) is -1.79. The predicted octanol–water partition coefficient (Wildman–Crippen LogP) is 0.959. The van der Waals surface area contributed by atoms with Crippen LogP contribution < -0.4 is 5.73 Å². The topological polar surface area (TPSA) is 63.3 Å². The summed E-state index contributed by atoms with van der Waals surface area (Å²) in [6.07, 6.45) is -1.83. The zero-order valence-electron chi connectivity index (χ0n) is 6.26. The lowest BCUT2D eigenvalue weighted by Crippen LogP contribution is -2.19. The number of rotatable bonds is 1. The van der Waals surface area contributed by atoms with Gasteiger partial charge >= 0.3 is 5.97 Å². The van der Waals surface area contributed by atoms with Crippen molar-refractivity contribution in [2.24, 2.45) is 11.7 Å². The molecule has 0 saturated heterocycles. The van der Waals surface area contributed by atoms with Crippen LogP contribution in [0, 0.1) is 5.92 Å². The molecule has 3 N–H and O–H groups in total. The van der Waals surface area contributed by atoms with Gasteiger partial charge in [-0.25, -0.2) is 0 Å². The van der Waals surface area contributed by atoms with Crippen LogP contribution in [0.1, 0.15) is 12.8 Å². The van der Waals surface area contributed by atoms with Crippen LogP contribution in [0.3, 0.4) is 0 Å². The van der Waals surface area contributed by atoms with Gasteiger partial charge in [0.25, 0.3) is 6.08 Å². The number of hydrogen-bond donors (Lipinski definition) is 2. The number of aliphatic carboxylic acids is 1. The van der Waals surface area contributed by atoms with Crippen molar-refractivity contribution in [3.05, 3.63) is 11.7 Å². The maximum absolute atomic E-state index is 12.0. The molecule has 2 atom stereocenters. The predicted molar refractivity (Wildman–Crippen MR) is 37.6 cm³/mol. The van der Waals surface area contributed by atoms with Gasteiger partial charge in [-0.2, -0.15) is 8.78 Å². The lowest BCUT2D eigenvalue weighted by molar-refractivity contribution is -0.141. The third-order valence-corrected chi connectivity index (χ3v) is 2.04. The second kappa shape index (κ2) is 3.18. The molecule has 0 aromatic rings. The van der Waals surface area contributed by atoms with Gasteiger partial charge in [0.15, 0.2) is 0 Å². The first kappa shape index (κ1) is 9.12. The van der Waals surface area contributed by atoms with Crippen LogP contribution in [0.4, 0.5) is 8.78 Å². The average Bonchev–Trinajstić information content (AvgIpc) is 2.30. The Bertz CT molecular complexity index is 236. The van der Waals surface area contributed by atoms with E-state index in [9.17, 15) is 13.6 Å². The molecule has 0 radical (unpaired) electrons. The first-order valence-electron chi connectivity index (χ1n) is 3.54. The Labute approximate surface area is 67.9 Å². The zero-order chi connectivity index (χ0) is 9.30. The molecule has 1 rings (SSSR count). The third kappa shape index (κ3) is 1.61. The van der Waals surface area contributed by atoms with Gasteiger partial charge < -0.3 is 10.8 Å². The van der Waals surface area contributed by atoms with Crippen molar-refractivity contribution in [1.82, 2.24) is 0 Å². The molecular formula is C7H9F2NO2. The van der Waals surface area contributed by atoms with Gasteiger partial charge in [0, 0.05) is 11.6 Å². The van der Waals surface area contributed by atoms with E-state index in [1.807, 2.05) is 0 Å². The maximum atomic E-state index is 12.0. The van der Waals surface area contributed by atoms with Crippen LogP contribution in [0.15, 0.2) is 11.7 Å². The second-order valence-electron chi connectivity index (χ2n) is 2.87. The van der Waals surface area contributed by atoms with Crippen LogP contribution in [-0.2, 0) is 4.79 Å². The summed E-state index contributed by atoms with van der Waals surface area (Å²) in [6, 6.07) is -0.781. The van der Waals surface area contributed by atoms with E-state index in [1.54, 1.807) is 0 Å². The molecule has 1 aliphatic carbocycles. The Kier molecular flexibility index (Phi) is 2.42. The molecule has 5 heteroatoms. The van der Waals surface area contributed by atoms with Crippen LogP contribution in [0.2, 0.25) is 0 Å². The van der Waals surface area contributed by atoms with E-state index in [0.29, 0.717) is 0 Å². The first-order chi connectivity index (χ1) is 5.52. The molecular weight excluding hydrogens is 168 g/mol. The fourth-order valence-corrected chi connectivity index (χ4v) is 1.35. The highest BCUT2D eigenvalue weighted by Crippen LogP contribution is 2.32. The molecule has 1 saturated carbocycles. The fraction of sp³-hybridized carbons (Fsp3) is 0.571. The summed E-state index contributed by atoms with van der Waals surface area (Å²) in [4.78, 5) is 10.4. The normalized spacial score (nSPS) is 29.1. The smallest absolute Gasteiger partial charge is 0.306 e. The molecule has 3 nitrogen and oxygen atoms in total. The highest BCUT2D eigenvalue weighted by molar-refractivity contribution is 5.71. The number of nitrogens with two attached hydrogens (primary N) is 1. The minimum Gasteiger partial charge on any atom is -0.481 e. The van der Waals surface area contributed by atoms with Crippen LogP contribution in [0.25, 0.3) is 0 Å². The number of carbonyl (C=O) groups is 1. The zero-order valence-corrected chi connectivity index (χ0v) is 6.26. The molecule has 0 aromatic carbocycles. The van der Waals surface area contributed by atoms with E-state index in [-0.39, 0.29) is 18.4 Å². The van der Waals surface area contributed by atoms with E-state index in [0.717, 1.165) is 0 Å². The van der Waals surface area contributed by atoms with Crippen LogP contribution in [0.5, 0.6) is 0 Å². The van der Waals surface area contributed by atoms with Crippen molar-refractivity contribution in [3.8, 4) is 0 Å². The van der Waals surface area contributed by atoms with E-state index in [1.165, 1.54) is 0 Å². The Morgan fingerprint density at radius 3 is 2.42 bits per heavy atom. The number of hydrogen-bond acceptors (Lipinski definition) is 2. The van der Waals surface area contributed by atoms with Gasteiger partial charge in [0.05, 0.1) is 5.92 Å². The Morgan fingerprint density at radius 1 is 1.58 bits per heavy atom.